The topological polar surface area (TPSA) is 59.8 Å². The van der Waals surface area contributed by atoms with Crippen LogP contribution in [0.3, 0.4) is 0 Å². The molecule has 5 nitrogen and oxygen atoms in total. The molecular formula is C26H29NO4. The largest absolute Gasteiger partial charge is 0.494 e. The summed E-state index contributed by atoms with van der Waals surface area (Å²) in [5.74, 6) is 0.693. The maximum atomic E-state index is 13.6. The predicted octanol–water partition coefficient (Wildman–Crippen LogP) is 5.54. The van der Waals surface area contributed by atoms with E-state index in [4.69, 9.17) is 9.15 Å². The molecule has 2 heterocycles. The second kappa shape index (κ2) is 8.58. The van der Waals surface area contributed by atoms with Crippen molar-refractivity contribution in [2.24, 2.45) is 0 Å². The van der Waals surface area contributed by atoms with Crippen molar-refractivity contribution in [3.8, 4) is 5.75 Å². The third kappa shape index (κ3) is 3.73. The van der Waals surface area contributed by atoms with Gasteiger partial charge >= 0.3 is 0 Å². The van der Waals surface area contributed by atoms with Crippen molar-refractivity contribution < 1.29 is 13.9 Å². The molecule has 0 N–H and O–H groups in total. The lowest BCUT2D eigenvalue weighted by atomic mass is 9.97. The second-order valence-electron chi connectivity index (χ2n) is 8.31. The van der Waals surface area contributed by atoms with Crippen molar-refractivity contribution in [1.82, 2.24) is 4.90 Å². The van der Waals surface area contributed by atoms with Crippen LogP contribution in [-0.4, -0.2) is 24.0 Å². The Bertz CT molecular complexity index is 1190. The van der Waals surface area contributed by atoms with E-state index >= 15 is 0 Å². The van der Waals surface area contributed by atoms with Crippen LogP contribution in [0.15, 0.2) is 45.6 Å². The van der Waals surface area contributed by atoms with Crippen LogP contribution in [0, 0.1) is 13.8 Å². The highest BCUT2D eigenvalue weighted by Gasteiger charge is 2.42. The van der Waals surface area contributed by atoms with Crippen molar-refractivity contribution >= 4 is 16.9 Å². The van der Waals surface area contributed by atoms with E-state index in [0.717, 1.165) is 41.7 Å². The molecule has 1 unspecified atom stereocenters. The van der Waals surface area contributed by atoms with Gasteiger partial charge in [0.1, 0.15) is 11.3 Å². The van der Waals surface area contributed by atoms with Gasteiger partial charge in [-0.05, 0) is 61.6 Å². The zero-order chi connectivity index (χ0) is 22.1. The van der Waals surface area contributed by atoms with E-state index in [9.17, 15) is 9.59 Å². The smallest absolute Gasteiger partial charge is 0.290 e. The minimum absolute atomic E-state index is 0.127. The lowest BCUT2D eigenvalue weighted by Gasteiger charge is -2.25. The van der Waals surface area contributed by atoms with Crippen LogP contribution in [0.2, 0.25) is 0 Å². The van der Waals surface area contributed by atoms with Crippen LogP contribution >= 0.6 is 0 Å². The Balaban J connectivity index is 1.89. The first-order valence-electron chi connectivity index (χ1n) is 11.1. The summed E-state index contributed by atoms with van der Waals surface area (Å²) >= 11 is 0. The fourth-order valence-electron chi connectivity index (χ4n) is 4.40. The van der Waals surface area contributed by atoms with Crippen LogP contribution in [0.4, 0.5) is 0 Å². The number of hydrogen-bond donors (Lipinski definition) is 0. The molecule has 0 aliphatic carbocycles. The molecule has 1 aliphatic heterocycles. The van der Waals surface area contributed by atoms with E-state index in [-0.39, 0.29) is 17.1 Å². The van der Waals surface area contributed by atoms with Gasteiger partial charge in [-0.15, -0.1) is 0 Å². The molecule has 31 heavy (non-hydrogen) atoms. The summed E-state index contributed by atoms with van der Waals surface area (Å²) in [5, 5.41) is 0.530. The Morgan fingerprint density at radius 3 is 2.61 bits per heavy atom. The molecule has 162 valence electrons. The number of ether oxygens (including phenoxy) is 1. The van der Waals surface area contributed by atoms with E-state index in [1.807, 2.05) is 57.2 Å². The summed E-state index contributed by atoms with van der Waals surface area (Å²) in [6, 6.07) is 11.1. The fourth-order valence-corrected chi connectivity index (χ4v) is 4.40. The molecule has 0 saturated carbocycles. The molecule has 0 fully saturated rings. The molecule has 0 bridgehead atoms. The lowest BCUT2D eigenvalue weighted by Crippen LogP contribution is -2.30. The van der Waals surface area contributed by atoms with E-state index in [1.54, 1.807) is 4.90 Å². The Morgan fingerprint density at radius 2 is 1.87 bits per heavy atom. The van der Waals surface area contributed by atoms with Gasteiger partial charge in [0.15, 0.2) is 5.43 Å². The molecule has 2 aromatic carbocycles. The number of fused-ring (bicyclic) bond motifs is 2. The highest BCUT2D eigenvalue weighted by atomic mass is 16.5. The molecule has 1 atom stereocenters. The van der Waals surface area contributed by atoms with Crippen molar-refractivity contribution in [2.75, 3.05) is 13.2 Å². The minimum Gasteiger partial charge on any atom is -0.494 e. The first-order valence-corrected chi connectivity index (χ1v) is 11.1. The van der Waals surface area contributed by atoms with Gasteiger partial charge in [0.2, 0.25) is 5.76 Å². The Kier molecular flexibility index (Phi) is 5.86. The van der Waals surface area contributed by atoms with E-state index in [2.05, 4.69) is 6.92 Å². The summed E-state index contributed by atoms with van der Waals surface area (Å²) in [5.41, 5.74) is 3.52. The highest BCUT2D eigenvalue weighted by Crippen LogP contribution is 2.39. The second-order valence-corrected chi connectivity index (χ2v) is 8.31. The van der Waals surface area contributed by atoms with Crippen LogP contribution in [0.5, 0.6) is 5.75 Å². The molecule has 1 amide bonds. The number of benzene rings is 2. The quantitative estimate of drug-likeness (QED) is 0.472. The Hall–Kier alpha value is -3.08. The standard InChI is InChI=1S/C26H29NO4/c1-5-7-12-30-19-10-8-9-18(15-19)22-21-23(28)20-14-16(3)13-17(4)24(20)31-25(21)26(29)27(22)11-6-2/h8-10,13-15,22H,5-7,11-12H2,1-4H3. The van der Waals surface area contributed by atoms with Crippen molar-refractivity contribution in [1.29, 1.82) is 0 Å². The van der Waals surface area contributed by atoms with Crippen LogP contribution in [-0.2, 0) is 0 Å². The summed E-state index contributed by atoms with van der Waals surface area (Å²) in [4.78, 5) is 28.7. The maximum absolute atomic E-state index is 13.6. The molecule has 0 saturated heterocycles. The number of carbonyl (C=O) groups excluding carboxylic acids is 1. The Labute approximate surface area is 182 Å². The van der Waals surface area contributed by atoms with Crippen molar-refractivity contribution in [3.63, 3.8) is 0 Å². The van der Waals surface area contributed by atoms with Gasteiger partial charge in [-0.25, -0.2) is 0 Å². The molecule has 1 aliphatic rings. The summed E-state index contributed by atoms with van der Waals surface area (Å²) in [6.07, 6.45) is 2.82. The van der Waals surface area contributed by atoms with Crippen LogP contribution in [0.1, 0.15) is 72.0 Å². The monoisotopic (exact) mass is 419 g/mol. The number of unbranched alkanes of at least 4 members (excludes halogenated alkanes) is 1. The van der Waals surface area contributed by atoms with Gasteiger partial charge in [-0.1, -0.05) is 38.5 Å². The van der Waals surface area contributed by atoms with Crippen molar-refractivity contribution in [2.45, 2.75) is 53.0 Å². The minimum atomic E-state index is -0.473. The van der Waals surface area contributed by atoms with Gasteiger partial charge in [-0.2, -0.15) is 0 Å². The third-order valence-corrected chi connectivity index (χ3v) is 5.80. The van der Waals surface area contributed by atoms with E-state index in [1.165, 1.54) is 0 Å². The SMILES string of the molecule is CCCCOc1cccc(C2c3c(oc4c(C)cc(C)cc4c3=O)C(=O)N2CCC)c1. The first-order chi connectivity index (χ1) is 15.0. The summed E-state index contributed by atoms with van der Waals surface area (Å²) in [6.45, 7) is 9.20. The summed E-state index contributed by atoms with van der Waals surface area (Å²) < 4.78 is 12.0. The number of hydrogen-bond acceptors (Lipinski definition) is 4. The van der Waals surface area contributed by atoms with Gasteiger partial charge in [0, 0.05) is 6.54 Å². The fraction of sp³-hybridized carbons (Fsp3) is 0.385. The average Bonchev–Trinajstić information content (AvgIpc) is 3.02. The molecule has 4 rings (SSSR count). The van der Waals surface area contributed by atoms with Gasteiger partial charge in [-0.3, -0.25) is 9.59 Å². The van der Waals surface area contributed by atoms with E-state index in [0.29, 0.717) is 29.7 Å². The maximum Gasteiger partial charge on any atom is 0.290 e. The van der Waals surface area contributed by atoms with Crippen molar-refractivity contribution in [3.05, 3.63) is 74.6 Å². The molecule has 0 radical (unpaired) electrons. The van der Waals surface area contributed by atoms with Crippen LogP contribution < -0.4 is 10.2 Å². The Morgan fingerprint density at radius 1 is 1.06 bits per heavy atom. The zero-order valence-electron chi connectivity index (χ0n) is 18.7. The molecular weight excluding hydrogens is 390 g/mol. The zero-order valence-corrected chi connectivity index (χ0v) is 18.7. The highest BCUT2D eigenvalue weighted by molar-refractivity contribution is 5.99. The number of aryl methyl sites for hydroxylation is 2. The molecule has 0 spiro atoms. The van der Waals surface area contributed by atoms with Crippen LogP contribution in [0.25, 0.3) is 11.0 Å². The third-order valence-electron chi connectivity index (χ3n) is 5.80. The van der Waals surface area contributed by atoms with Gasteiger partial charge in [0.05, 0.1) is 23.6 Å². The summed E-state index contributed by atoms with van der Waals surface area (Å²) in [7, 11) is 0. The number of amides is 1. The molecule has 5 heteroatoms. The lowest BCUT2D eigenvalue weighted by molar-refractivity contribution is 0.0728. The number of carbonyl (C=O) groups is 1. The number of rotatable bonds is 7. The molecule has 3 aromatic rings. The predicted molar refractivity (Wildman–Crippen MR) is 122 cm³/mol. The normalized spacial score (nSPS) is 15.5. The van der Waals surface area contributed by atoms with E-state index < -0.39 is 6.04 Å². The molecule has 1 aromatic heterocycles. The first kappa shape index (κ1) is 21.2. The van der Waals surface area contributed by atoms with Gasteiger partial charge < -0.3 is 14.1 Å². The number of nitrogens with zero attached hydrogens (tertiary/aromatic N) is 1. The average molecular weight is 420 g/mol. The van der Waals surface area contributed by atoms with Gasteiger partial charge in [0.25, 0.3) is 5.91 Å².